The first kappa shape index (κ1) is 16.9. The molecule has 1 aromatic rings. The van der Waals surface area contributed by atoms with Crippen molar-refractivity contribution >= 4 is 11.7 Å². The zero-order valence-corrected chi connectivity index (χ0v) is 10.6. The Labute approximate surface area is 117 Å². The number of nitrogens with zero attached hydrogens (tertiary/aromatic N) is 1. The van der Waals surface area contributed by atoms with Crippen LogP contribution in [0.15, 0.2) is 36.5 Å². The predicted octanol–water partition coefficient (Wildman–Crippen LogP) is 2.36. The topological polar surface area (TPSA) is 54.0 Å². The number of rotatable bonds is 6. The molecule has 0 aliphatic carbocycles. The first-order valence-electron chi connectivity index (χ1n) is 5.79. The minimum Gasteiger partial charge on any atom is -0.368 e. The fraction of sp³-hybridized carbons (Fsp3) is 0.333. The summed E-state index contributed by atoms with van der Waals surface area (Å²) in [5, 5.41) is 4.98. The number of carbonyl (C=O) groups is 1. The number of amides is 1. The van der Waals surface area contributed by atoms with E-state index < -0.39 is 24.1 Å². The van der Waals surface area contributed by atoms with E-state index in [9.17, 15) is 26.7 Å². The molecule has 9 heteroatoms. The highest BCUT2D eigenvalue weighted by molar-refractivity contribution is 5.87. The maximum atomic E-state index is 12.5. The summed E-state index contributed by atoms with van der Waals surface area (Å²) in [7, 11) is 0. The molecule has 116 valence electrons. The zero-order valence-electron chi connectivity index (χ0n) is 10.6. The Balaban J connectivity index is 2.32. The lowest BCUT2D eigenvalue weighted by molar-refractivity contribution is -0.259. The molecule has 0 bridgehead atoms. The van der Waals surface area contributed by atoms with Gasteiger partial charge in [0.15, 0.2) is 0 Å². The Hall–Kier alpha value is -2.19. The number of halogens is 5. The van der Waals surface area contributed by atoms with Crippen LogP contribution in [0, 0.1) is 0 Å². The zero-order chi connectivity index (χ0) is 15.9. The molecule has 21 heavy (non-hydrogen) atoms. The summed E-state index contributed by atoms with van der Waals surface area (Å²) >= 11 is 0. The van der Waals surface area contributed by atoms with E-state index >= 15 is 0 Å². The highest BCUT2D eigenvalue weighted by atomic mass is 19.4. The van der Waals surface area contributed by atoms with Crippen LogP contribution in [0.1, 0.15) is 0 Å². The van der Waals surface area contributed by atoms with E-state index in [4.69, 9.17) is 0 Å². The van der Waals surface area contributed by atoms with Gasteiger partial charge in [-0.25, -0.2) is 4.98 Å². The summed E-state index contributed by atoms with van der Waals surface area (Å²) in [5.74, 6) is -5.52. The average molecular weight is 309 g/mol. The summed E-state index contributed by atoms with van der Waals surface area (Å²) in [4.78, 5) is 15.0. The van der Waals surface area contributed by atoms with E-state index in [0.29, 0.717) is 5.82 Å². The van der Waals surface area contributed by atoms with E-state index in [1.54, 1.807) is 24.4 Å². The Kier molecular flexibility index (Phi) is 5.62. The van der Waals surface area contributed by atoms with Crippen molar-refractivity contribution in [3.05, 3.63) is 36.5 Å². The van der Waals surface area contributed by atoms with E-state index in [2.05, 4.69) is 15.6 Å². The molecular formula is C12H12F5N3O. The molecule has 0 aliphatic rings. The van der Waals surface area contributed by atoms with Gasteiger partial charge in [0.25, 0.3) is 0 Å². The average Bonchev–Trinajstić information content (AvgIpc) is 2.41. The monoisotopic (exact) mass is 309 g/mol. The van der Waals surface area contributed by atoms with Crippen LogP contribution in [0.25, 0.3) is 0 Å². The van der Waals surface area contributed by atoms with Gasteiger partial charge in [0, 0.05) is 25.4 Å². The summed E-state index contributed by atoms with van der Waals surface area (Å²) in [6.45, 7) is 0.281. The smallest absolute Gasteiger partial charge is 0.368 e. The number of alkyl halides is 5. The molecule has 1 amide bonds. The van der Waals surface area contributed by atoms with Crippen LogP contribution >= 0.6 is 0 Å². The SMILES string of the molecule is O=C(/C=C/C(F)(F)C(F)(F)F)NCCNc1ccccn1. The van der Waals surface area contributed by atoms with Crippen molar-refractivity contribution in [3.8, 4) is 0 Å². The third kappa shape index (κ3) is 5.76. The van der Waals surface area contributed by atoms with E-state index in [1.165, 1.54) is 0 Å². The van der Waals surface area contributed by atoms with E-state index in [1.807, 2.05) is 0 Å². The molecule has 0 radical (unpaired) electrons. The molecule has 0 aliphatic heterocycles. The second-order valence-corrected chi connectivity index (χ2v) is 3.89. The predicted molar refractivity (Wildman–Crippen MR) is 65.9 cm³/mol. The lowest BCUT2D eigenvalue weighted by atomic mass is 10.3. The van der Waals surface area contributed by atoms with Gasteiger partial charge in [-0.05, 0) is 18.2 Å². The van der Waals surface area contributed by atoms with E-state index in [0.717, 1.165) is 0 Å². The molecule has 0 aromatic carbocycles. The summed E-state index contributed by atoms with van der Waals surface area (Å²) in [6.07, 6.45) is -4.49. The van der Waals surface area contributed by atoms with Gasteiger partial charge in [-0.15, -0.1) is 0 Å². The number of carbonyl (C=O) groups excluding carboxylic acids is 1. The number of nitrogens with one attached hydrogen (secondary N) is 2. The molecule has 0 spiro atoms. The Morgan fingerprint density at radius 1 is 1.19 bits per heavy atom. The Bertz CT molecular complexity index is 487. The molecule has 0 atom stereocenters. The lowest BCUT2D eigenvalue weighted by Crippen LogP contribution is -2.35. The Morgan fingerprint density at radius 3 is 2.48 bits per heavy atom. The largest absolute Gasteiger partial charge is 0.457 e. The van der Waals surface area contributed by atoms with Crippen molar-refractivity contribution in [1.82, 2.24) is 10.3 Å². The number of allylic oxidation sites excluding steroid dienone is 1. The Morgan fingerprint density at radius 2 is 1.90 bits per heavy atom. The third-order valence-electron chi connectivity index (χ3n) is 2.22. The summed E-state index contributed by atoms with van der Waals surface area (Å²) < 4.78 is 60.5. The molecule has 0 saturated carbocycles. The quantitative estimate of drug-likeness (QED) is 0.482. The fourth-order valence-corrected chi connectivity index (χ4v) is 1.18. The normalized spacial score (nSPS) is 12.4. The molecule has 1 heterocycles. The van der Waals surface area contributed by atoms with Gasteiger partial charge in [0.2, 0.25) is 5.91 Å². The molecule has 4 nitrogen and oxygen atoms in total. The van der Waals surface area contributed by atoms with Gasteiger partial charge in [-0.1, -0.05) is 6.07 Å². The van der Waals surface area contributed by atoms with Crippen molar-refractivity contribution in [3.63, 3.8) is 0 Å². The van der Waals surface area contributed by atoms with Gasteiger partial charge in [0.05, 0.1) is 0 Å². The highest BCUT2D eigenvalue weighted by Gasteiger charge is 2.55. The summed E-state index contributed by atoms with van der Waals surface area (Å²) in [6, 6.07) is 5.11. The maximum absolute atomic E-state index is 12.5. The lowest BCUT2D eigenvalue weighted by Gasteiger charge is -2.15. The van der Waals surface area contributed by atoms with Crippen LogP contribution in [0.5, 0.6) is 0 Å². The van der Waals surface area contributed by atoms with Crippen molar-refractivity contribution in [2.45, 2.75) is 12.1 Å². The van der Waals surface area contributed by atoms with E-state index in [-0.39, 0.29) is 19.2 Å². The molecule has 1 aromatic heterocycles. The molecule has 1 rings (SSSR count). The van der Waals surface area contributed by atoms with Crippen LogP contribution < -0.4 is 10.6 Å². The number of hydrogen-bond donors (Lipinski definition) is 2. The molecule has 0 fully saturated rings. The molecular weight excluding hydrogens is 297 g/mol. The molecule has 0 saturated heterocycles. The first-order chi connectivity index (χ1) is 9.72. The molecule has 2 N–H and O–H groups in total. The second kappa shape index (κ2) is 7.00. The van der Waals surface area contributed by atoms with Crippen molar-refractivity contribution in [2.24, 2.45) is 0 Å². The number of hydrogen-bond acceptors (Lipinski definition) is 3. The van der Waals surface area contributed by atoms with Gasteiger partial charge >= 0.3 is 12.1 Å². The van der Waals surface area contributed by atoms with Crippen molar-refractivity contribution < 1.29 is 26.7 Å². The first-order valence-corrected chi connectivity index (χ1v) is 5.79. The van der Waals surface area contributed by atoms with Crippen LogP contribution in [0.4, 0.5) is 27.8 Å². The number of aromatic nitrogens is 1. The fourth-order valence-electron chi connectivity index (χ4n) is 1.18. The van der Waals surface area contributed by atoms with Crippen molar-refractivity contribution in [2.75, 3.05) is 18.4 Å². The highest BCUT2D eigenvalue weighted by Crippen LogP contribution is 2.36. The van der Waals surface area contributed by atoms with Crippen LogP contribution in [-0.2, 0) is 4.79 Å². The number of anilines is 1. The van der Waals surface area contributed by atoms with Crippen LogP contribution in [0.3, 0.4) is 0 Å². The van der Waals surface area contributed by atoms with Crippen LogP contribution in [0.2, 0.25) is 0 Å². The second-order valence-electron chi connectivity index (χ2n) is 3.89. The van der Waals surface area contributed by atoms with Gasteiger partial charge in [0.1, 0.15) is 5.82 Å². The van der Waals surface area contributed by atoms with Gasteiger partial charge in [-0.2, -0.15) is 22.0 Å². The third-order valence-corrected chi connectivity index (χ3v) is 2.22. The van der Waals surface area contributed by atoms with Crippen molar-refractivity contribution in [1.29, 1.82) is 0 Å². The minimum atomic E-state index is -5.72. The molecule has 0 unspecified atom stereocenters. The maximum Gasteiger partial charge on any atom is 0.457 e. The number of pyridine rings is 1. The minimum absolute atomic E-state index is 0.0390. The van der Waals surface area contributed by atoms with Gasteiger partial charge in [-0.3, -0.25) is 4.79 Å². The van der Waals surface area contributed by atoms with Crippen LogP contribution in [-0.4, -0.2) is 36.1 Å². The van der Waals surface area contributed by atoms with Gasteiger partial charge < -0.3 is 10.6 Å². The summed E-state index contributed by atoms with van der Waals surface area (Å²) in [5.41, 5.74) is 0. The standard InChI is InChI=1S/C12H12F5N3O/c13-11(14,12(15,16)17)5-4-10(21)20-8-7-19-9-3-1-2-6-18-9/h1-6H,7-8H2,(H,18,19)(H,20,21)/b5-4+.